The number of fused-ring (bicyclic) bond motifs is 2. The number of benzene rings is 2. The van der Waals surface area contributed by atoms with Gasteiger partial charge in [-0.2, -0.15) is 0 Å². The van der Waals surface area contributed by atoms with Crippen molar-refractivity contribution < 1.29 is 24.2 Å². The average molecular weight is 480 g/mol. The van der Waals surface area contributed by atoms with Gasteiger partial charge < -0.3 is 29.8 Å². The number of anilines is 1. The van der Waals surface area contributed by atoms with Crippen LogP contribution in [-0.4, -0.2) is 53.6 Å². The van der Waals surface area contributed by atoms with Crippen molar-refractivity contribution in [3.05, 3.63) is 63.9 Å². The number of amides is 1. The summed E-state index contributed by atoms with van der Waals surface area (Å²) in [5, 5.41) is 15.9. The van der Waals surface area contributed by atoms with Crippen LogP contribution in [0, 0.1) is 0 Å². The first-order valence-corrected chi connectivity index (χ1v) is 11.5. The van der Waals surface area contributed by atoms with Crippen molar-refractivity contribution in [3.63, 3.8) is 0 Å². The Morgan fingerprint density at radius 2 is 1.80 bits per heavy atom. The summed E-state index contributed by atoms with van der Waals surface area (Å²) in [6.45, 7) is 3.06. The molecule has 0 saturated heterocycles. The van der Waals surface area contributed by atoms with Gasteiger partial charge in [0.2, 0.25) is 0 Å². The van der Waals surface area contributed by atoms with E-state index in [1.54, 1.807) is 38.2 Å². The summed E-state index contributed by atoms with van der Waals surface area (Å²) in [5.74, 6) is -0.593. The third-order valence-electron chi connectivity index (χ3n) is 6.21. The fourth-order valence-electron chi connectivity index (χ4n) is 4.42. The van der Waals surface area contributed by atoms with E-state index in [0.29, 0.717) is 34.1 Å². The highest BCUT2D eigenvalue weighted by Crippen LogP contribution is 2.41. The molecule has 9 heteroatoms. The maximum absolute atomic E-state index is 13.6. The van der Waals surface area contributed by atoms with Crippen molar-refractivity contribution in [2.75, 3.05) is 19.0 Å². The van der Waals surface area contributed by atoms with Gasteiger partial charge in [-0.25, -0.2) is 0 Å². The van der Waals surface area contributed by atoms with E-state index in [9.17, 15) is 19.5 Å². The minimum Gasteiger partial charge on any atom is -0.393 e. The molecule has 1 amide bonds. The highest BCUT2D eigenvalue weighted by atomic mass is 16.7. The summed E-state index contributed by atoms with van der Waals surface area (Å²) in [6, 6.07) is 12.4. The van der Waals surface area contributed by atoms with Crippen LogP contribution in [0.15, 0.2) is 47.3 Å². The smallest absolute Gasteiger partial charge is 0.251 e. The summed E-state index contributed by atoms with van der Waals surface area (Å²) in [7, 11) is 3.14. The number of nitrogens with zero attached hydrogens (tertiary/aromatic N) is 1. The predicted molar refractivity (Wildman–Crippen MR) is 132 cm³/mol. The summed E-state index contributed by atoms with van der Waals surface area (Å²) in [5.41, 5.74) is 3.54. The first kappa shape index (κ1) is 24.6. The van der Waals surface area contributed by atoms with E-state index >= 15 is 0 Å². The molecule has 4 rings (SSSR count). The predicted octanol–water partition coefficient (Wildman–Crippen LogP) is 2.38. The molecule has 1 heterocycles. The first-order chi connectivity index (χ1) is 16.8. The lowest BCUT2D eigenvalue weighted by Gasteiger charge is -2.28. The van der Waals surface area contributed by atoms with Gasteiger partial charge in [-0.05, 0) is 36.6 Å². The van der Waals surface area contributed by atoms with Gasteiger partial charge in [0, 0.05) is 36.8 Å². The molecule has 3 aromatic rings. The Bertz CT molecular complexity index is 1350. The van der Waals surface area contributed by atoms with Gasteiger partial charge in [-0.1, -0.05) is 31.2 Å². The number of likely N-dealkylation sites (N-methyl/N-ethyl adjacent to an activating group) is 1. The number of hydrogen-bond acceptors (Lipinski definition) is 7. The fourth-order valence-corrected chi connectivity index (χ4v) is 4.42. The summed E-state index contributed by atoms with van der Waals surface area (Å²) >= 11 is 0. The Labute approximate surface area is 202 Å². The number of hydrogen-bond donors (Lipinski definition) is 3. The van der Waals surface area contributed by atoms with Gasteiger partial charge in [0.1, 0.15) is 6.23 Å². The van der Waals surface area contributed by atoms with Crippen LogP contribution in [0.25, 0.3) is 22.0 Å². The second kappa shape index (κ2) is 9.99. The highest BCUT2D eigenvalue weighted by Gasteiger charge is 2.30. The van der Waals surface area contributed by atoms with Crippen molar-refractivity contribution in [1.82, 2.24) is 9.88 Å². The Kier molecular flexibility index (Phi) is 7.02. The van der Waals surface area contributed by atoms with E-state index in [2.05, 4.69) is 10.6 Å². The van der Waals surface area contributed by atoms with Crippen LogP contribution in [0.4, 0.5) is 5.69 Å². The molecule has 0 fully saturated rings. The largest absolute Gasteiger partial charge is 0.393 e. The van der Waals surface area contributed by atoms with E-state index in [1.165, 1.54) is 11.6 Å². The monoisotopic (exact) mass is 479 g/mol. The van der Waals surface area contributed by atoms with E-state index < -0.39 is 31.1 Å². The molecule has 0 spiro atoms. The molecule has 3 unspecified atom stereocenters. The van der Waals surface area contributed by atoms with Gasteiger partial charge in [0.25, 0.3) is 11.5 Å². The lowest BCUT2D eigenvalue weighted by atomic mass is 9.83. The highest BCUT2D eigenvalue weighted by molar-refractivity contribution is 6.28. The van der Waals surface area contributed by atoms with E-state index in [1.807, 2.05) is 25.1 Å². The Morgan fingerprint density at radius 1 is 1.09 bits per heavy atom. The molecule has 1 aliphatic rings. The molecule has 0 radical (unpaired) electrons. The number of aliphatic hydroxyl groups is 1. The summed E-state index contributed by atoms with van der Waals surface area (Å²) < 4.78 is 13.0. The lowest BCUT2D eigenvalue weighted by Crippen LogP contribution is -2.40. The van der Waals surface area contributed by atoms with Gasteiger partial charge >= 0.3 is 0 Å². The average Bonchev–Trinajstić information content (AvgIpc) is 2.87. The number of aliphatic hydroxyl groups excluding tert-OH is 1. The number of ether oxygens (including phenoxy) is 2. The van der Waals surface area contributed by atoms with Crippen LogP contribution >= 0.6 is 0 Å². The van der Waals surface area contributed by atoms with Crippen LogP contribution in [0.3, 0.4) is 0 Å². The molecule has 9 nitrogen and oxygen atoms in total. The third-order valence-corrected chi connectivity index (χ3v) is 6.21. The zero-order chi connectivity index (χ0) is 25.3. The second-order valence-electron chi connectivity index (χ2n) is 8.38. The van der Waals surface area contributed by atoms with Crippen molar-refractivity contribution in [3.8, 4) is 11.1 Å². The van der Waals surface area contributed by atoms with Crippen molar-refractivity contribution in [1.29, 1.82) is 0 Å². The molecule has 1 aliphatic carbocycles. The molecule has 0 bridgehead atoms. The van der Waals surface area contributed by atoms with Crippen LogP contribution in [0.1, 0.15) is 36.2 Å². The van der Waals surface area contributed by atoms with Gasteiger partial charge in [0.15, 0.2) is 18.2 Å². The first-order valence-electron chi connectivity index (χ1n) is 11.5. The number of aromatic nitrogens is 1. The number of ketones is 1. The number of rotatable bonds is 9. The zero-order valence-electron chi connectivity index (χ0n) is 20.1. The normalized spacial score (nSPS) is 14.8. The standard InChI is InChI=1S/C26H29N3O6/c1-5-21(35-14(2)34-20(13-30)26(33)27-3)28-18-10-11-19-23-17(12-22(31)29(19)4)15-8-6-7-9-16(15)25(32)24(18)23/h6-12,14,20-21,28,30H,5,13H2,1-4H3,(H,27,33). The van der Waals surface area contributed by atoms with Crippen LogP contribution in [0.5, 0.6) is 0 Å². The summed E-state index contributed by atoms with van der Waals surface area (Å²) in [4.78, 5) is 38.1. The molecule has 0 saturated carbocycles. The molecular formula is C26H29N3O6. The van der Waals surface area contributed by atoms with Gasteiger partial charge in [-0.3, -0.25) is 14.4 Å². The van der Waals surface area contributed by atoms with Crippen molar-refractivity contribution >= 4 is 28.3 Å². The molecule has 1 aromatic heterocycles. The lowest BCUT2D eigenvalue weighted by molar-refractivity contribution is -0.190. The molecule has 0 aliphatic heterocycles. The molecule has 35 heavy (non-hydrogen) atoms. The van der Waals surface area contributed by atoms with Crippen LogP contribution < -0.4 is 16.2 Å². The fraction of sp³-hybridized carbons (Fsp3) is 0.346. The van der Waals surface area contributed by atoms with Crippen molar-refractivity contribution in [2.24, 2.45) is 7.05 Å². The van der Waals surface area contributed by atoms with Gasteiger partial charge in [0.05, 0.1) is 17.7 Å². The molecular weight excluding hydrogens is 450 g/mol. The van der Waals surface area contributed by atoms with E-state index in [0.717, 1.165) is 11.1 Å². The van der Waals surface area contributed by atoms with Crippen LogP contribution in [-0.2, 0) is 21.3 Å². The van der Waals surface area contributed by atoms with E-state index in [-0.39, 0.29) is 11.3 Å². The van der Waals surface area contributed by atoms with Crippen molar-refractivity contribution in [2.45, 2.75) is 38.9 Å². The maximum atomic E-state index is 13.6. The molecule has 3 N–H and O–H groups in total. The Hall–Kier alpha value is -3.53. The third kappa shape index (κ3) is 4.45. The number of carbonyl (C=O) groups is 2. The second-order valence-corrected chi connectivity index (χ2v) is 8.38. The van der Waals surface area contributed by atoms with Gasteiger partial charge in [-0.15, -0.1) is 0 Å². The minimum absolute atomic E-state index is 0.140. The van der Waals surface area contributed by atoms with E-state index in [4.69, 9.17) is 9.47 Å². The molecule has 3 atom stereocenters. The quantitative estimate of drug-likeness (QED) is 0.315. The Morgan fingerprint density at radius 3 is 2.46 bits per heavy atom. The minimum atomic E-state index is -1.06. The number of pyridine rings is 1. The number of nitrogens with one attached hydrogen (secondary N) is 2. The number of aryl methyl sites for hydroxylation is 1. The number of carbonyl (C=O) groups excluding carboxylic acids is 2. The topological polar surface area (TPSA) is 119 Å². The maximum Gasteiger partial charge on any atom is 0.251 e. The Balaban J connectivity index is 1.71. The zero-order valence-corrected chi connectivity index (χ0v) is 20.1. The molecule has 2 aromatic carbocycles. The van der Waals surface area contributed by atoms with Crippen LogP contribution in [0.2, 0.25) is 0 Å². The summed E-state index contributed by atoms with van der Waals surface area (Å²) in [6.07, 6.45) is -1.90. The SMILES string of the molecule is CCC(Nc1ccc2c3c(cc(=O)n2C)-c2ccccc2C(=O)c13)OC(C)OC(CO)C(=O)NC. The molecule has 184 valence electrons.